The Bertz CT molecular complexity index is 404. The summed E-state index contributed by atoms with van der Waals surface area (Å²) in [5, 5.41) is 9.85. The minimum Gasteiger partial charge on any atom is -0.469 e. The number of fused-ring (bicyclic) bond motifs is 2. The lowest BCUT2D eigenvalue weighted by Crippen LogP contribution is -2.59. The number of β-lactam (4-membered cyclic amide) rings is 1. The highest BCUT2D eigenvalue weighted by Crippen LogP contribution is 2.40. The topological polar surface area (TPSA) is 49.8 Å². The monoisotopic (exact) mass is 191 g/mol. The molecule has 4 nitrogen and oxygen atoms in total. The summed E-state index contributed by atoms with van der Waals surface area (Å²) < 4.78 is 5.52. The van der Waals surface area contributed by atoms with Gasteiger partial charge in [-0.05, 0) is 6.07 Å². The molecule has 0 saturated carbocycles. The number of benzene rings is 1. The van der Waals surface area contributed by atoms with Crippen LogP contribution in [0.25, 0.3) is 0 Å². The van der Waals surface area contributed by atoms with Gasteiger partial charge in [0, 0.05) is 5.56 Å². The number of hydrogen-bond donors (Lipinski definition) is 1. The molecule has 1 fully saturated rings. The van der Waals surface area contributed by atoms with E-state index in [2.05, 4.69) is 0 Å². The maximum Gasteiger partial charge on any atom is 0.233 e. The van der Waals surface area contributed by atoms with Gasteiger partial charge in [0.25, 0.3) is 0 Å². The van der Waals surface area contributed by atoms with Gasteiger partial charge < -0.3 is 9.84 Å². The van der Waals surface area contributed by atoms with Crippen LogP contribution in [0.1, 0.15) is 18.2 Å². The molecule has 3 rings (SSSR count). The summed E-state index contributed by atoms with van der Waals surface area (Å²) in [6, 6.07) is 7.23. The van der Waals surface area contributed by atoms with Crippen molar-refractivity contribution in [3.05, 3.63) is 29.8 Å². The van der Waals surface area contributed by atoms with Crippen LogP contribution in [0.3, 0.4) is 0 Å². The zero-order chi connectivity index (χ0) is 9.71. The van der Waals surface area contributed by atoms with E-state index >= 15 is 0 Å². The van der Waals surface area contributed by atoms with Crippen molar-refractivity contribution in [2.75, 3.05) is 0 Å². The maximum atomic E-state index is 11.2. The van der Waals surface area contributed by atoms with Crippen molar-refractivity contribution in [1.82, 2.24) is 4.90 Å². The van der Waals surface area contributed by atoms with E-state index in [1.54, 1.807) is 12.1 Å². The Morgan fingerprint density at radius 3 is 3.00 bits per heavy atom. The SMILES string of the molecule is O=C1CC2Oc3ccccc3C(O)N12. The molecule has 1 N–H and O–H groups in total. The molecule has 2 unspecified atom stereocenters. The number of ether oxygens (including phenoxy) is 1. The fourth-order valence-corrected chi connectivity index (χ4v) is 1.89. The van der Waals surface area contributed by atoms with Gasteiger partial charge >= 0.3 is 0 Å². The fraction of sp³-hybridized carbons (Fsp3) is 0.300. The molecule has 14 heavy (non-hydrogen) atoms. The lowest BCUT2D eigenvalue weighted by Gasteiger charge is -2.46. The van der Waals surface area contributed by atoms with Crippen LogP contribution in [0, 0.1) is 0 Å². The number of carbonyl (C=O) groups is 1. The second kappa shape index (κ2) is 2.48. The Labute approximate surface area is 80.7 Å². The number of nitrogens with zero attached hydrogens (tertiary/aromatic N) is 1. The first-order chi connectivity index (χ1) is 6.77. The van der Waals surface area contributed by atoms with E-state index in [1.165, 1.54) is 4.90 Å². The minimum atomic E-state index is -0.841. The van der Waals surface area contributed by atoms with E-state index in [1.807, 2.05) is 12.1 Å². The summed E-state index contributed by atoms with van der Waals surface area (Å²) in [5.41, 5.74) is 0.664. The number of carbonyl (C=O) groups excluding carboxylic acids is 1. The van der Waals surface area contributed by atoms with Gasteiger partial charge in [-0.25, -0.2) is 0 Å². The van der Waals surface area contributed by atoms with Crippen LogP contribution in [-0.4, -0.2) is 22.1 Å². The Balaban J connectivity index is 2.06. The molecule has 0 aromatic heterocycles. The van der Waals surface area contributed by atoms with Crippen molar-refractivity contribution in [2.45, 2.75) is 18.9 Å². The molecular weight excluding hydrogens is 182 g/mol. The molecule has 1 saturated heterocycles. The van der Waals surface area contributed by atoms with E-state index in [4.69, 9.17) is 4.74 Å². The number of aliphatic hydroxyl groups is 1. The van der Waals surface area contributed by atoms with Gasteiger partial charge in [-0.15, -0.1) is 0 Å². The third-order valence-corrected chi connectivity index (χ3v) is 2.67. The van der Waals surface area contributed by atoms with E-state index in [0.717, 1.165) is 0 Å². The van der Waals surface area contributed by atoms with Crippen molar-refractivity contribution >= 4 is 5.91 Å². The Kier molecular flexibility index (Phi) is 1.39. The van der Waals surface area contributed by atoms with E-state index < -0.39 is 6.23 Å². The van der Waals surface area contributed by atoms with Gasteiger partial charge in [0.2, 0.25) is 5.91 Å². The average Bonchev–Trinajstić information content (AvgIpc) is 2.16. The number of para-hydroxylation sites is 1. The van der Waals surface area contributed by atoms with Gasteiger partial charge in [-0.1, -0.05) is 18.2 Å². The van der Waals surface area contributed by atoms with Crippen LogP contribution in [0.2, 0.25) is 0 Å². The maximum absolute atomic E-state index is 11.2. The smallest absolute Gasteiger partial charge is 0.233 e. The first kappa shape index (κ1) is 7.82. The first-order valence-electron chi connectivity index (χ1n) is 4.52. The van der Waals surface area contributed by atoms with Gasteiger partial charge in [0.15, 0.2) is 12.5 Å². The Morgan fingerprint density at radius 1 is 1.43 bits per heavy atom. The van der Waals surface area contributed by atoms with Crippen LogP contribution in [0.15, 0.2) is 24.3 Å². The number of rotatable bonds is 0. The largest absolute Gasteiger partial charge is 0.469 e. The lowest BCUT2D eigenvalue weighted by atomic mass is 10.0. The first-order valence-corrected chi connectivity index (χ1v) is 4.52. The molecule has 0 bridgehead atoms. The predicted octanol–water partition coefficient (Wildman–Crippen LogP) is 0.628. The number of aliphatic hydroxyl groups excluding tert-OH is 1. The molecule has 2 aliphatic rings. The predicted molar refractivity (Wildman–Crippen MR) is 47.3 cm³/mol. The van der Waals surface area contributed by atoms with Crippen LogP contribution in [-0.2, 0) is 4.79 Å². The van der Waals surface area contributed by atoms with Crippen molar-refractivity contribution < 1.29 is 14.6 Å². The second-order valence-corrected chi connectivity index (χ2v) is 3.49. The molecule has 0 spiro atoms. The number of amides is 1. The highest BCUT2D eigenvalue weighted by Gasteiger charge is 2.46. The van der Waals surface area contributed by atoms with Gasteiger partial charge in [-0.3, -0.25) is 9.69 Å². The molecule has 2 aliphatic heterocycles. The summed E-state index contributed by atoms with van der Waals surface area (Å²) in [7, 11) is 0. The normalized spacial score (nSPS) is 28.6. The van der Waals surface area contributed by atoms with Gasteiger partial charge in [0.1, 0.15) is 5.75 Å². The molecule has 1 aromatic rings. The summed E-state index contributed by atoms with van der Waals surface area (Å²) in [6.45, 7) is 0. The van der Waals surface area contributed by atoms with Gasteiger partial charge in [-0.2, -0.15) is 0 Å². The number of hydrogen-bond acceptors (Lipinski definition) is 3. The summed E-state index contributed by atoms with van der Waals surface area (Å²) in [5.74, 6) is 0.616. The molecule has 72 valence electrons. The Hall–Kier alpha value is -1.55. The Morgan fingerprint density at radius 2 is 2.21 bits per heavy atom. The molecule has 1 aromatic carbocycles. The van der Waals surface area contributed by atoms with Crippen LogP contribution >= 0.6 is 0 Å². The zero-order valence-corrected chi connectivity index (χ0v) is 7.38. The third-order valence-electron chi connectivity index (χ3n) is 2.67. The fourth-order valence-electron chi connectivity index (χ4n) is 1.89. The highest BCUT2D eigenvalue weighted by atomic mass is 16.5. The zero-order valence-electron chi connectivity index (χ0n) is 7.38. The van der Waals surface area contributed by atoms with E-state index in [-0.39, 0.29) is 12.1 Å². The third kappa shape index (κ3) is 0.834. The van der Waals surface area contributed by atoms with E-state index in [0.29, 0.717) is 17.7 Å². The summed E-state index contributed by atoms with van der Waals surface area (Å²) in [6.07, 6.45) is -0.746. The van der Waals surface area contributed by atoms with Crippen molar-refractivity contribution in [1.29, 1.82) is 0 Å². The van der Waals surface area contributed by atoms with Crippen LogP contribution in [0.5, 0.6) is 5.75 Å². The van der Waals surface area contributed by atoms with Crippen LogP contribution in [0.4, 0.5) is 0 Å². The quantitative estimate of drug-likeness (QED) is 0.612. The second-order valence-electron chi connectivity index (χ2n) is 3.49. The molecule has 2 heterocycles. The molecule has 0 radical (unpaired) electrons. The highest BCUT2D eigenvalue weighted by molar-refractivity contribution is 5.83. The minimum absolute atomic E-state index is 0.0583. The average molecular weight is 191 g/mol. The molecule has 1 amide bonds. The van der Waals surface area contributed by atoms with Crippen molar-refractivity contribution in [3.8, 4) is 5.75 Å². The standard InChI is InChI=1S/C10H9NO3/c12-8-5-9-11(8)10(13)6-3-1-2-4-7(6)14-9/h1-4,9-10,13H,5H2. The van der Waals surface area contributed by atoms with Crippen molar-refractivity contribution in [3.63, 3.8) is 0 Å². The van der Waals surface area contributed by atoms with E-state index in [9.17, 15) is 9.90 Å². The summed E-state index contributed by atoms with van der Waals surface area (Å²) >= 11 is 0. The summed E-state index contributed by atoms with van der Waals surface area (Å²) in [4.78, 5) is 12.5. The van der Waals surface area contributed by atoms with Crippen LogP contribution < -0.4 is 4.74 Å². The molecule has 4 heteroatoms. The molecule has 0 aliphatic carbocycles. The molecule has 2 atom stereocenters. The van der Waals surface area contributed by atoms with Crippen molar-refractivity contribution in [2.24, 2.45) is 0 Å². The van der Waals surface area contributed by atoms with Gasteiger partial charge in [0.05, 0.1) is 6.42 Å². The lowest BCUT2D eigenvalue weighted by molar-refractivity contribution is -0.192. The molecular formula is C10H9NO3.